The van der Waals surface area contributed by atoms with Gasteiger partial charge in [-0.2, -0.15) is 0 Å². The van der Waals surface area contributed by atoms with Gasteiger partial charge in [-0.25, -0.2) is 4.79 Å². The zero-order chi connectivity index (χ0) is 27.6. The smallest absolute Gasteiger partial charge is 0.331 e. The molecule has 0 aliphatic carbocycles. The number of ketones is 1. The van der Waals surface area contributed by atoms with E-state index in [1.165, 1.54) is 37.3 Å². The molecule has 4 rings (SSSR count). The number of ether oxygens (including phenoxy) is 2. The van der Waals surface area contributed by atoms with E-state index in [9.17, 15) is 34.8 Å². The number of aliphatic hydroxyl groups excluding tert-OH is 2. The molecular formula is C28H28O10. The van der Waals surface area contributed by atoms with Crippen molar-refractivity contribution in [2.75, 3.05) is 6.61 Å². The minimum atomic E-state index is -1.22. The van der Waals surface area contributed by atoms with E-state index < -0.39 is 42.4 Å². The summed E-state index contributed by atoms with van der Waals surface area (Å²) in [6.45, 7) is 2.40. The van der Waals surface area contributed by atoms with Gasteiger partial charge < -0.3 is 34.3 Å². The fourth-order valence-corrected chi connectivity index (χ4v) is 4.53. The molecule has 4 atom stereocenters. The average Bonchev–Trinajstić information content (AvgIpc) is 2.84. The van der Waals surface area contributed by atoms with Crippen molar-refractivity contribution in [3.05, 3.63) is 75.1 Å². The van der Waals surface area contributed by atoms with Crippen molar-refractivity contribution in [3.8, 4) is 11.5 Å². The molecule has 38 heavy (non-hydrogen) atoms. The van der Waals surface area contributed by atoms with Crippen LogP contribution in [0, 0.1) is 6.92 Å². The molecule has 4 unspecified atom stereocenters. The third-order valence-electron chi connectivity index (χ3n) is 6.29. The van der Waals surface area contributed by atoms with Crippen LogP contribution in [0.4, 0.5) is 0 Å². The summed E-state index contributed by atoms with van der Waals surface area (Å²) >= 11 is 0. The summed E-state index contributed by atoms with van der Waals surface area (Å²) in [6, 6.07) is 8.68. The van der Waals surface area contributed by atoms with Crippen molar-refractivity contribution in [2.24, 2.45) is 0 Å². The first-order chi connectivity index (χ1) is 18.1. The minimum absolute atomic E-state index is 0.00114. The lowest BCUT2D eigenvalue weighted by molar-refractivity contribution is -0.198. The molecule has 10 heteroatoms. The van der Waals surface area contributed by atoms with Gasteiger partial charge in [-0.1, -0.05) is 12.1 Å². The lowest BCUT2D eigenvalue weighted by Gasteiger charge is -2.38. The number of fused-ring (bicyclic) bond motifs is 1. The number of hydrogen-bond acceptors (Lipinski definition) is 10. The van der Waals surface area contributed by atoms with Gasteiger partial charge in [0.25, 0.3) is 0 Å². The second-order valence-electron chi connectivity index (χ2n) is 9.27. The van der Waals surface area contributed by atoms with E-state index in [2.05, 4.69) is 0 Å². The molecule has 1 aliphatic rings. The molecule has 2 heterocycles. The fourth-order valence-electron chi connectivity index (χ4n) is 4.53. The Morgan fingerprint density at radius 1 is 1.16 bits per heavy atom. The van der Waals surface area contributed by atoms with Gasteiger partial charge in [-0.3, -0.25) is 9.59 Å². The number of benzene rings is 2. The van der Waals surface area contributed by atoms with Crippen molar-refractivity contribution in [1.82, 2.24) is 0 Å². The summed E-state index contributed by atoms with van der Waals surface area (Å²) in [4.78, 5) is 37.3. The molecule has 10 nitrogen and oxygen atoms in total. The lowest BCUT2D eigenvalue weighted by atomic mass is 9.91. The van der Waals surface area contributed by atoms with Crippen molar-refractivity contribution < 1.29 is 43.9 Å². The van der Waals surface area contributed by atoms with Crippen molar-refractivity contribution >= 4 is 28.8 Å². The van der Waals surface area contributed by atoms with E-state index >= 15 is 0 Å². The Morgan fingerprint density at radius 3 is 2.53 bits per heavy atom. The lowest BCUT2D eigenvalue weighted by Crippen LogP contribution is -2.46. The van der Waals surface area contributed by atoms with E-state index in [-0.39, 0.29) is 52.4 Å². The van der Waals surface area contributed by atoms with Gasteiger partial charge in [-0.05, 0) is 49.2 Å². The molecule has 4 N–H and O–H groups in total. The standard InChI is InChI=1S/C28H28O10/c1-14-9-20(33)26(28-25(14)21(34)11-18(36-28)10-15(2)30)27-22(12-19(32)23(13-29)38-27)37-24(35)8-5-16-3-6-17(31)7-4-16/h3-9,11,19,22-23,27,29,31-33H,10,12-13H2,1-2H3/b8-5+. The average molecular weight is 525 g/mol. The van der Waals surface area contributed by atoms with Crippen LogP contribution in [0.2, 0.25) is 0 Å². The maximum Gasteiger partial charge on any atom is 0.331 e. The molecule has 0 spiro atoms. The van der Waals surface area contributed by atoms with Crippen molar-refractivity contribution in [3.63, 3.8) is 0 Å². The molecule has 0 bridgehead atoms. The van der Waals surface area contributed by atoms with E-state index in [0.717, 1.165) is 6.08 Å². The summed E-state index contributed by atoms with van der Waals surface area (Å²) < 4.78 is 17.4. The van der Waals surface area contributed by atoms with Crippen LogP contribution in [0.25, 0.3) is 17.0 Å². The molecular weight excluding hydrogens is 496 g/mol. The van der Waals surface area contributed by atoms with Gasteiger partial charge in [0.2, 0.25) is 0 Å². The summed E-state index contributed by atoms with van der Waals surface area (Å²) in [7, 11) is 0. The van der Waals surface area contributed by atoms with Gasteiger partial charge in [0.1, 0.15) is 46.9 Å². The zero-order valence-electron chi connectivity index (χ0n) is 20.8. The van der Waals surface area contributed by atoms with Crippen LogP contribution in [-0.4, -0.2) is 57.1 Å². The third-order valence-corrected chi connectivity index (χ3v) is 6.29. The number of carbonyl (C=O) groups is 2. The summed E-state index contributed by atoms with van der Waals surface area (Å²) in [6.07, 6.45) is -2.27. The third kappa shape index (κ3) is 5.77. The predicted molar refractivity (Wildman–Crippen MR) is 136 cm³/mol. The number of Topliss-reactive ketones (excluding diaryl/α,β-unsaturated/α-hetero) is 1. The van der Waals surface area contributed by atoms with Crippen LogP contribution >= 0.6 is 0 Å². The SMILES string of the molecule is CC(=O)Cc1cc(=O)c2c(C)cc(O)c(C3OC(CO)C(O)CC3OC(=O)/C=C/c3ccc(O)cc3)c2o1. The topological polar surface area (TPSA) is 164 Å². The van der Waals surface area contributed by atoms with Gasteiger partial charge in [-0.15, -0.1) is 0 Å². The Hall–Kier alpha value is -3.99. The second kappa shape index (κ2) is 11.2. The predicted octanol–water partition coefficient (Wildman–Crippen LogP) is 2.45. The molecule has 1 fully saturated rings. The molecule has 1 aromatic heterocycles. The molecule has 200 valence electrons. The van der Waals surface area contributed by atoms with Crippen molar-refractivity contribution in [2.45, 2.75) is 51.1 Å². The molecule has 0 amide bonds. The number of carbonyl (C=O) groups excluding carboxylic acids is 2. The first kappa shape index (κ1) is 27.1. The van der Waals surface area contributed by atoms with Gasteiger partial charge in [0.05, 0.1) is 30.1 Å². The maximum atomic E-state index is 12.9. The highest BCUT2D eigenvalue weighted by Crippen LogP contribution is 2.42. The van der Waals surface area contributed by atoms with E-state index in [4.69, 9.17) is 13.9 Å². The number of phenolic OH excluding ortho intramolecular Hbond substituents is 2. The molecule has 3 aromatic rings. The van der Waals surface area contributed by atoms with Gasteiger partial charge in [0.15, 0.2) is 5.43 Å². The number of aromatic hydroxyl groups is 2. The van der Waals surface area contributed by atoms with E-state index in [0.29, 0.717) is 11.1 Å². The number of aliphatic hydroxyl groups is 2. The highest BCUT2D eigenvalue weighted by molar-refractivity contribution is 5.88. The van der Waals surface area contributed by atoms with Crippen LogP contribution in [0.1, 0.15) is 41.9 Å². The van der Waals surface area contributed by atoms with Crippen LogP contribution in [0.3, 0.4) is 0 Å². The number of hydrogen-bond donors (Lipinski definition) is 4. The van der Waals surface area contributed by atoms with E-state index in [1.54, 1.807) is 19.1 Å². The van der Waals surface area contributed by atoms with Crippen LogP contribution in [0.5, 0.6) is 11.5 Å². The van der Waals surface area contributed by atoms with Crippen LogP contribution in [-0.2, 0) is 25.5 Å². The monoisotopic (exact) mass is 524 g/mol. The number of aryl methyl sites for hydroxylation is 1. The summed E-state index contributed by atoms with van der Waals surface area (Å²) in [5.74, 6) is -1.17. The zero-order valence-corrected chi connectivity index (χ0v) is 20.8. The Balaban J connectivity index is 1.76. The van der Waals surface area contributed by atoms with Gasteiger partial charge in [0, 0.05) is 18.6 Å². The second-order valence-corrected chi connectivity index (χ2v) is 9.27. The number of esters is 1. The highest BCUT2D eigenvalue weighted by Gasteiger charge is 2.42. The molecule has 2 aromatic carbocycles. The van der Waals surface area contributed by atoms with Gasteiger partial charge >= 0.3 is 5.97 Å². The molecule has 0 saturated carbocycles. The number of phenols is 2. The Morgan fingerprint density at radius 2 is 1.87 bits per heavy atom. The minimum Gasteiger partial charge on any atom is -0.508 e. The fraction of sp³-hybridized carbons (Fsp3) is 0.321. The first-order valence-electron chi connectivity index (χ1n) is 12.0. The quantitative estimate of drug-likeness (QED) is 0.267. The Labute approximate surface area is 217 Å². The molecule has 1 aliphatic heterocycles. The largest absolute Gasteiger partial charge is 0.508 e. The normalized spacial score (nSPS) is 21.6. The summed E-state index contributed by atoms with van der Waals surface area (Å²) in [5, 5.41) is 40.7. The maximum absolute atomic E-state index is 12.9. The summed E-state index contributed by atoms with van der Waals surface area (Å²) in [5.41, 5.74) is 0.577. The highest BCUT2D eigenvalue weighted by atomic mass is 16.6. The Bertz CT molecular complexity index is 1440. The number of rotatable bonds is 7. The van der Waals surface area contributed by atoms with E-state index in [1.807, 2.05) is 0 Å². The van der Waals surface area contributed by atoms with Crippen LogP contribution in [0.15, 0.2) is 51.7 Å². The van der Waals surface area contributed by atoms with Crippen LogP contribution < -0.4 is 5.43 Å². The first-order valence-corrected chi connectivity index (χ1v) is 12.0. The molecule has 0 radical (unpaired) electrons. The Kier molecular flexibility index (Phi) is 7.96. The van der Waals surface area contributed by atoms with Crippen molar-refractivity contribution in [1.29, 1.82) is 0 Å². The molecule has 1 saturated heterocycles.